The first-order chi connectivity index (χ1) is 13.6. The number of unbranched alkanes of at least 4 members (excludes halogenated alkanes) is 3. The molecule has 1 aliphatic rings. The highest BCUT2D eigenvalue weighted by atomic mass is 16.4. The second-order valence-electron chi connectivity index (χ2n) is 7.00. The van der Waals surface area contributed by atoms with Gasteiger partial charge >= 0.3 is 5.97 Å². The molecule has 4 heteroatoms. The lowest BCUT2D eigenvalue weighted by Crippen LogP contribution is -2.15. The fourth-order valence-corrected chi connectivity index (χ4v) is 3.19. The Kier molecular flexibility index (Phi) is 8.61. The second-order valence-corrected chi connectivity index (χ2v) is 7.00. The summed E-state index contributed by atoms with van der Waals surface area (Å²) in [5, 5.41) is 18.9. The summed E-state index contributed by atoms with van der Waals surface area (Å²) in [5.41, 5.74) is 0. The quantitative estimate of drug-likeness (QED) is 0.282. The van der Waals surface area contributed by atoms with Crippen molar-refractivity contribution in [3.63, 3.8) is 0 Å². The van der Waals surface area contributed by atoms with Gasteiger partial charge < -0.3 is 10.2 Å². The van der Waals surface area contributed by atoms with Gasteiger partial charge in [-0.1, -0.05) is 63.8 Å². The van der Waals surface area contributed by atoms with Crippen LogP contribution in [0, 0.1) is 17.8 Å². The van der Waals surface area contributed by atoms with Crippen LogP contribution in [-0.4, -0.2) is 28.1 Å². The molecule has 0 fully saturated rings. The Bertz CT molecular complexity index is 608. The molecule has 4 nitrogen and oxygen atoms in total. The number of aliphatic hydroxyl groups excluding tert-OH is 1. The summed E-state index contributed by atoms with van der Waals surface area (Å²) >= 11 is 0. The van der Waals surface area contributed by atoms with Crippen molar-refractivity contribution in [2.45, 2.75) is 71.2 Å². The molecule has 1 rings (SSSR count). The number of carbonyl (C=O) groups excluding carboxylic acids is 1. The molecule has 0 aromatic carbocycles. The van der Waals surface area contributed by atoms with Crippen molar-refractivity contribution >= 4 is 11.8 Å². The van der Waals surface area contributed by atoms with Crippen LogP contribution in [0.25, 0.3) is 0 Å². The van der Waals surface area contributed by atoms with Crippen LogP contribution >= 0.6 is 0 Å². The molecule has 0 heterocycles. The molecule has 0 aromatic heterocycles. The van der Waals surface area contributed by atoms with E-state index in [9.17, 15) is 14.7 Å². The largest absolute Gasteiger partial charge is 0.478 e. The van der Waals surface area contributed by atoms with Crippen molar-refractivity contribution in [1.29, 1.82) is 0 Å². The van der Waals surface area contributed by atoms with Gasteiger partial charge in [0.1, 0.15) is 0 Å². The number of carbonyl (C=O) groups is 2. The molecule has 0 amide bonds. The number of carboxylic acids is 1. The van der Waals surface area contributed by atoms with Crippen LogP contribution in [0.4, 0.5) is 0 Å². The van der Waals surface area contributed by atoms with Crippen molar-refractivity contribution in [3.05, 3.63) is 36.5 Å². The Morgan fingerprint density at radius 2 is 2.19 bits per heavy atom. The zero-order chi connectivity index (χ0) is 21.9. The topological polar surface area (TPSA) is 74.6 Å². The number of rotatable bonds is 13. The summed E-state index contributed by atoms with van der Waals surface area (Å²) in [6.45, 7) is -0.0657. The number of ketones is 1. The standard InChI is InChI=1S/C22H34O4/c1-3-4-9-17(2)16-19(23)14-12-18-13-15-21(24)20(18)10-7-5-6-8-11-22(25)26/h8,11-15,17-20,23H,3-7,9-10,16H2,1-2H3,(H,25,26)/b11-8+,14-12+/t17?,18-,19+,20+/m0/s1/i2D3. The molecule has 4 atom stereocenters. The molecular weight excluding hydrogens is 328 g/mol. The number of hydrogen-bond donors (Lipinski definition) is 2. The summed E-state index contributed by atoms with van der Waals surface area (Å²) in [5.74, 6) is -1.68. The van der Waals surface area contributed by atoms with Crippen molar-refractivity contribution < 1.29 is 23.9 Å². The maximum Gasteiger partial charge on any atom is 0.327 e. The molecule has 26 heavy (non-hydrogen) atoms. The average Bonchev–Trinajstić information content (AvgIpc) is 2.98. The van der Waals surface area contributed by atoms with Gasteiger partial charge in [0, 0.05) is 22.0 Å². The highest BCUT2D eigenvalue weighted by Crippen LogP contribution is 2.29. The van der Waals surface area contributed by atoms with E-state index in [1.807, 2.05) is 19.1 Å². The molecule has 1 aliphatic carbocycles. The van der Waals surface area contributed by atoms with Crippen molar-refractivity contribution in [2.24, 2.45) is 17.8 Å². The van der Waals surface area contributed by atoms with Gasteiger partial charge in [-0.05, 0) is 37.7 Å². The van der Waals surface area contributed by atoms with E-state index in [2.05, 4.69) is 0 Å². The minimum atomic E-state index is -2.08. The molecule has 0 bridgehead atoms. The smallest absolute Gasteiger partial charge is 0.327 e. The van der Waals surface area contributed by atoms with Crippen molar-refractivity contribution in [2.75, 3.05) is 0 Å². The van der Waals surface area contributed by atoms with Gasteiger partial charge in [0.05, 0.1) is 6.10 Å². The maximum absolute atomic E-state index is 12.1. The lowest BCUT2D eigenvalue weighted by atomic mass is 9.88. The normalized spacial score (nSPS) is 24.7. The minimum absolute atomic E-state index is 0.0681. The van der Waals surface area contributed by atoms with E-state index in [1.165, 1.54) is 0 Å². The highest BCUT2D eigenvalue weighted by Gasteiger charge is 2.27. The summed E-state index contributed by atoms with van der Waals surface area (Å²) in [6.07, 6.45) is 14.2. The third-order valence-electron chi connectivity index (χ3n) is 4.70. The summed E-state index contributed by atoms with van der Waals surface area (Å²) < 4.78 is 23.0. The lowest BCUT2D eigenvalue weighted by molar-refractivity contribution is -0.131. The third kappa shape index (κ3) is 9.14. The molecule has 0 saturated carbocycles. The van der Waals surface area contributed by atoms with Crippen molar-refractivity contribution in [1.82, 2.24) is 0 Å². The minimum Gasteiger partial charge on any atom is -0.478 e. The second kappa shape index (κ2) is 12.6. The first kappa shape index (κ1) is 17.7. The van der Waals surface area contributed by atoms with Gasteiger partial charge in [0.25, 0.3) is 0 Å². The Morgan fingerprint density at radius 3 is 2.88 bits per heavy atom. The maximum atomic E-state index is 12.1. The van der Waals surface area contributed by atoms with Gasteiger partial charge in [-0.2, -0.15) is 0 Å². The first-order valence-electron chi connectivity index (χ1n) is 11.1. The zero-order valence-electron chi connectivity index (χ0n) is 18.6. The number of aliphatic carboxylic acids is 1. The van der Waals surface area contributed by atoms with E-state index in [0.29, 0.717) is 19.3 Å². The van der Waals surface area contributed by atoms with E-state index in [0.717, 1.165) is 31.8 Å². The van der Waals surface area contributed by atoms with Gasteiger partial charge in [0.2, 0.25) is 0 Å². The van der Waals surface area contributed by atoms with Gasteiger partial charge in [-0.25, -0.2) is 4.79 Å². The number of aliphatic hydroxyl groups is 1. The van der Waals surface area contributed by atoms with Crippen LogP contribution in [0.1, 0.15) is 69.3 Å². The van der Waals surface area contributed by atoms with Gasteiger partial charge in [0.15, 0.2) is 5.78 Å². The molecule has 2 N–H and O–H groups in total. The van der Waals surface area contributed by atoms with Crippen LogP contribution in [0.15, 0.2) is 36.5 Å². The SMILES string of the molecule is [2H]C([2H])([2H])C(CCCC)C[C@H](O)/C=C/[C@H]1C=CC(=O)[C@@H]1CCCC/C=C/C(=O)O. The monoisotopic (exact) mass is 365 g/mol. The van der Waals surface area contributed by atoms with E-state index in [-0.39, 0.29) is 24.0 Å². The third-order valence-corrected chi connectivity index (χ3v) is 4.70. The van der Waals surface area contributed by atoms with E-state index in [4.69, 9.17) is 9.22 Å². The highest BCUT2D eigenvalue weighted by molar-refractivity contribution is 5.94. The predicted molar refractivity (Wildman–Crippen MR) is 105 cm³/mol. The molecule has 0 aliphatic heterocycles. The molecule has 0 aromatic rings. The predicted octanol–water partition coefficient (Wildman–Crippen LogP) is 4.69. The number of allylic oxidation sites excluding steroid dienone is 4. The van der Waals surface area contributed by atoms with Crippen LogP contribution in [0.2, 0.25) is 0 Å². The van der Waals surface area contributed by atoms with Gasteiger partial charge in [-0.3, -0.25) is 4.79 Å². The Hall–Kier alpha value is -1.68. The van der Waals surface area contributed by atoms with Crippen LogP contribution in [0.3, 0.4) is 0 Å². The molecule has 0 saturated heterocycles. The molecular formula is C22H34O4. The molecule has 0 radical (unpaired) electrons. The fraction of sp³-hybridized carbons (Fsp3) is 0.636. The average molecular weight is 366 g/mol. The van der Waals surface area contributed by atoms with Gasteiger partial charge in [-0.15, -0.1) is 0 Å². The van der Waals surface area contributed by atoms with E-state index in [1.54, 1.807) is 18.2 Å². The van der Waals surface area contributed by atoms with E-state index < -0.39 is 24.8 Å². The summed E-state index contributed by atoms with van der Waals surface area (Å²) in [6, 6.07) is 0. The summed E-state index contributed by atoms with van der Waals surface area (Å²) in [4.78, 5) is 22.5. The first-order valence-corrected chi connectivity index (χ1v) is 9.63. The van der Waals surface area contributed by atoms with Crippen molar-refractivity contribution in [3.8, 4) is 0 Å². The van der Waals surface area contributed by atoms with Crippen LogP contribution in [0.5, 0.6) is 0 Å². The van der Waals surface area contributed by atoms with E-state index >= 15 is 0 Å². The lowest BCUT2D eigenvalue weighted by Gasteiger charge is -2.16. The summed E-state index contributed by atoms with van der Waals surface area (Å²) in [7, 11) is 0. The molecule has 1 unspecified atom stereocenters. The Morgan fingerprint density at radius 1 is 1.38 bits per heavy atom. The fourth-order valence-electron chi connectivity index (χ4n) is 3.19. The molecule has 0 spiro atoms. The Labute approximate surface area is 161 Å². The van der Waals surface area contributed by atoms with Crippen LogP contribution in [-0.2, 0) is 9.59 Å². The molecule has 146 valence electrons. The number of carboxylic acid groups (broad SMARTS) is 1. The number of hydrogen-bond acceptors (Lipinski definition) is 3. The Balaban J connectivity index is 2.53. The zero-order valence-corrected chi connectivity index (χ0v) is 15.6. The van der Waals surface area contributed by atoms with Crippen LogP contribution < -0.4 is 0 Å².